The van der Waals surface area contributed by atoms with Gasteiger partial charge in [0, 0.05) is 11.5 Å². The third-order valence-electron chi connectivity index (χ3n) is 4.63. The molecular formula is C19H17FN4O5S3. The quantitative estimate of drug-likeness (QED) is 0.417. The molecule has 2 aromatic rings. The Morgan fingerprint density at radius 3 is 2.75 bits per heavy atom. The van der Waals surface area contributed by atoms with E-state index < -0.39 is 35.0 Å². The number of carboxylic acids is 1. The first kappa shape index (κ1) is 22.6. The Bertz CT molecular complexity index is 1090. The summed E-state index contributed by atoms with van der Waals surface area (Å²) < 4.78 is 19.0. The van der Waals surface area contributed by atoms with E-state index in [-0.39, 0.29) is 12.3 Å². The highest BCUT2D eigenvalue weighted by Gasteiger charge is 2.54. The van der Waals surface area contributed by atoms with Gasteiger partial charge < -0.3 is 15.2 Å². The summed E-state index contributed by atoms with van der Waals surface area (Å²) in [7, 11) is 0. The van der Waals surface area contributed by atoms with Crippen molar-refractivity contribution in [1.29, 1.82) is 0 Å². The van der Waals surface area contributed by atoms with Gasteiger partial charge in [0.2, 0.25) is 0 Å². The number of thioether (sulfide) groups is 2. The van der Waals surface area contributed by atoms with Crippen LogP contribution in [0.2, 0.25) is 0 Å². The summed E-state index contributed by atoms with van der Waals surface area (Å²) in [6.07, 6.45) is 0. The topological polar surface area (TPSA) is 122 Å². The zero-order valence-corrected chi connectivity index (χ0v) is 19.1. The van der Waals surface area contributed by atoms with Crippen LogP contribution in [0.15, 0.2) is 39.9 Å². The molecule has 1 aromatic heterocycles. The molecule has 0 aliphatic carbocycles. The molecule has 2 amide bonds. The minimum absolute atomic E-state index is 0.0412. The molecule has 0 unspecified atom stereocenters. The van der Waals surface area contributed by atoms with E-state index in [0.717, 1.165) is 9.35 Å². The smallest absolute Gasteiger partial charge is 0.352 e. The number of carbonyl (C=O) groups excluding carboxylic acids is 2. The highest BCUT2D eigenvalue weighted by molar-refractivity contribution is 8.01. The van der Waals surface area contributed by atoms with Crippen molar-refractivity contribution >= 4 is 52.6 Å². The summed E-state index contributed by atoms with van der Waals surface area (Å²) in [4.78, 5) is 38.0. The first-order valence-corrected chi connectivity index (χ1v) is 12.2. The molecule has 168 valence electrons. The normalized spacial score (nSPS) is 19.9. The molecule has 2 atom stereocenters. The lowest BCUT2D eigenvalue weighted by molar-refractivity contribution is -0.150. The number of amides is 2. The largest absolute Gasteiger partial charge is 0.484 e. The van der Waals surface area contributed by atoms with Gasteiger partial charge in [0.1, 0.15) is 33.7 Å². The number of aryl methyl sites for hydroxylation is 1. The number of β-lactam (4-membered cyclic amide) rings is 1. The molecule has 2 aliphatic heterocycles. The van der Waals surface area contributed by atoms with Gasteiger partial charge >= 0.3 is 5.97 Å². The summed E-state index contributed by atoms with van der Waals surface area (Å²) in [5.74, 6) is -1.50. The molecule has 1 saturated heterocycles. The van der Waals surface area contributed by atoms with E-state index in [4.69, 9.17) is 4.74 Å². The van der Waals surface area contributed by atoms with Gasteiger partial charge in [-0.25, -0.2) is 9.18 Å². The Balaban J connectivity index is 1.37. The predicted octanol–water partition coefficient (Wildman–Crippen LogP) is 1.90. The van der Waals surface area contributed by atoms with Crippen molar-refractivity contribution in [3.63, 3.8) is 0 Å². The summed E-state index contributed by atoms with van der Waals surface area (Å²) in [5.41, 5.74) is 0.579. The van der Waals surface area contributed by atoms with Crippen LogP contribution < -0.4 is 10.1 Å². The SMILES string of the molecule is Cc1nnc(SCC2=C(C(=O)O)N3C(=O)[C@@H](NC(=O)COc4ccc(F)cc4)[C@H]3SC2)s1. The van der Waals surface area contributed by atoms with Crippen LogP contribution in [-0.4, -0.2) is 67.5 Å². The van der Waals surface area contributed by atoms with Gasteiger partial charge in [-0.05, 0) is 36.8 Å². The van der Waals surface area contributed by atoms with Crippen molar-refractivity contribution in [3.8, 4) is 5.75 Å². The van der Waals surface area contributed by atoms with Gasteiger partial charge in [-0.1, -0.05) is 23.1 Å². The van der Waals surface area contributed by atoms with Crippen molar-refractivity contribution in [3.05, 3.63) is 46.4 Å². The Morgan fingerprint density at radius 1 is 1.34 bits per heavy atom. The van der Waals surface area contributed by atoms with Gasteiger partial charge in [0.25, 0.3) is 11.8 Å². The summed E-state index contributed by atoms with van der Waals surface area (Å²) >= 11 is 4.19. The number of hydrogen-bond acceptors (Lipinski definition) is 9. The second-order valence-corrected chi connectivity index (χ2v) is 10.3. The number of fused-ring (bicyclic) bond motifs is 1. The number of carboxylic acid groups (broad SMARTS) is 1. The molecule has 3 heterocycles. The third-order valence-corrected chi connectivity index (χ3v) is 8.03. The maximum Gasteiger partial charge on any atom is 0.352 e. The summed E-state index contributed by atoms with van der Waals surface area (Å²) in [6.45, 7) is 1.49. The molecule has 13 heteroatoms. The molecule has 0 spiro atoms. The number of hydrogen-bond donors (Lipinski definition) is 2. The number of nitrogens with zero attached hydrogens (tertiary/aromatic N) is 3. The molecule has 0 bridgehead atoms. The van der Waals surface area contributed by atoms with Gasteiger partial charge in [-0.3, -0.25) is 14.5 Å². The number of ether oxygens (including phenoxy) is 1. The number of nitrogens with one attached hydrogen (secondary N) is 1. The van der Waals surface area contributed by atoms with Crippen molar-refractivity contribution < 1.29 is 28.6 Å². The number of aliphatic carboxylic acids is 1. The van der Waals surface area contributed by atoms with Crippen LogP contribution in [0.5, 0.6) is 5.75 Å². The van der Waals surface area contributed by atoms with Crippen molar-refractivity contribution in [2.75, 3.05) is 18.1 Å². The van der Waals surface area contributed by atoms with Crippen molar-refractivity contribution in [2.24, 2.45) is 0 Å². The Morgan fingerprint density at radius 2 is 2.09 bits per heavy atom. The van der Waals surface area contributed by atoms with Crippen LogP contribution in [0.1, 0.15) is 5.01 Å². The van der Waals surface area contributed by atoms with E-state index in [1.165, 1.54) is 64.0 Å². The molecule has 1 fully saturated rings. The lowest BCUT2D eigenvalue weighted by atomic mass is 10.0. The van der Waals surface area contributed by atoms with Crippen LogP contribution >= 0.6 is 34.9 Å². The zero-order valence-electron chi connectivity index (χ0n) is 16.6. The first-order valence-electron chi connectivity index (χ1n) is 9.34. The molecule has 32 heavy (non-hydrogen) atoms. The Labute approximate surface area is 194 Å². The molecule has 9 nitrogen and oxygen atoms in total. The van der Waals surface area contributed by atoms with Gasteiger partial charge in [0.05, 0.1) is 0 Å². The molecule has 2 aliphatic rings. The number of rotatable bonds is 8. The average molecular weight is 497 g/mol. The first-order chi connectivity index (χ1) is 15.3. The van der Waals surface area contributed by atoms with Crippen LogP contribution in [0.25, 0.3) is 0 Å². The number of carbonyl (C=O) groups is 3. The molecule has 2 N–H and O–H groups in total. The van der Waals surface area contributed by atoms with Crippen molar-refractivity contribution in [1.82, 2.24) is 20.4 Å². The summed E-state index contributed by atoms with van der Waals surface area (Å²) in [5, 5.41) is 20.6. The van der Waals surface area contributed by atoms with E-state index >= 15 is 0 Å². The monoisotopic (exact) mass is 496 g/mol. The Kier molecular flexibility index (Phi) is 6.67. The van der Waals surface area contributed by atoms with Crippen molar-refractivity contribution in [2.45, 2.75) is 22.7 Å². The second kappa shape index (κ2) is 9.46. The molecule has 0 saturated carbocycles. The molecule has 1 aromatic carbocycles. The number of halogens is 1. The third kappa shape index (κ3) is 4.74. The minimum atomic E-state index is -1.18. The fourth-order valence-corrected chi connectivity index (χ4v) is 6.48. The molecular weight excluding hydrogens is 479 g/mol. The molecule has 0 radical (unpaired) electrons. The van der Waals surface area contributed by atoms with Crippen LogP contribution in [0, 0.1) is 12.7 Å². The lowest BCUT2D eigenvalue weighted by Gasteiger charge is -2.49. The molecule has 4 rings (SSSR count). The Hall–Kier alpha value is -2.64. The van der Waals surface area contributed by atoms with E-state index in [1.807, 2.05) is 6.92 Å². The van der Waals surface area contributed by atoms with Gasteiger partial charge in [-0.15, -0.1) is 22.0 Å². The number of benzene rings is 1. The minimum Gasteiger partial charge on any atom is -0.484 e. The van der Waals surface area contributed by atoms with E-state index in [9.17, 15) is 23.9 Å². The van der Waals surface area contributed by atoms with Crippen LogP contribution in [-0.2, 0) is 14.4 Å². The zero-order chi connectivity index (χ0) is 22.8. The average Bonchev–Trinajstić information content (AvgIpc) is 3.19. The lowest BCUT2D eigenvalue weighted by Crippen LogP contribution is -2.70. The number of aromatic nitrogens is 2. The van der Waals surface area contributed by atoms with Crippen LogP contribution in [0.4, 0.5) is 4.39 Å². The second-order valence-electron chi connectivity index (χ2n) is 6.83. The van der Waals surface area contributed by atoms with E-state index in [1.54, 1.807) is 0 Å². The standard InChI is InChI=1S/C19H17FN4O5S3/c1-9-22-23-19(32-9)31-8-10-7-30-17-14(16(26)24(17)15(10)18(27)28)21-13(25)6-29-12-4-2-11(20)3-5-12/h2-5,14,17H,6-8H2,1H3,(H,21,25)(H,27,28)/t14-,17-/m1/s1. The van der Waals surface area contributed by atoms with E-state index in [0.29, 0.717) is 22.8 Å². The summed E-state index contributed by atoms with van der Waals surface area (Å²) in [6, 6.07) is 4.37. The fourth-order valence-electron chi connectivity index (χ4n) is 3.17. The van der Waals surface area contributed by atoms with Crippen LogP contribution in [0.3, 0.4) is 0 Å². The maximum atomic E-state index is 12.9. The van der Waals surface area contributed by atoms with Gasteiger partial charge in [0.15, 0.2) is 10.9 Å². The predicted molar refractivity (Wildman–Crippen MR) is 117 cm³/mol. The fraction of sp³-hybridized carbons (Fsp3) is 0.316. The highest BCUT2D eigenvalue weighted by Crippen LogP contribution is 2.41. The van der Waals surface area contributed by atoms with E-state index in [2.05, 4.69) is 15.5 Å². The van der Waals surface area contributed by atoms with Gasteiger partial charge in [-0.2, -0.15) is 0 Å². The maximum absolute atomic E-state index is 12.9. The highest BCUT2D eigenvalue weighted by atomic mass is 32.2.